The standard InChI is InChI=1S/C11H18O2S/c1-5-13-10(12)9(14-4)6-8-7-11(8,2)3/h6,8H,5,7H2,1-4H3/b9-6+. The zero-order valence-corrected chi connectivity index (χ0v) is 10.1. The molecule has 2 nitrogen and oxygen atoms in total. The highest BCUT2D eigenvalue weighted by atomic mass is 32.2. The minimum Gasteiger partial charge on any atom is -0.462 e. The van der Waals surface area contributed by atoms with E-state index >= 15 is 0 Å². The van der Waals surface area contributed by atoms with Crippen molar-refractivity contribution in [2.45, 2.75) is 27.2 Å². The van der Waals surface area contributed by atoms with Crippen molar-refractivity contribution in [3.63, 3.8) is 0 Å². The molecule has 1 saturated carbocycles. The summed E-state index contributed by atoms with van der Waals surface area (Å²) >= 11 is 1.47. The molecule has 0 radical (unpaired) electrons. The largest absolute Gasteiger partial charge is 0.462 e. The topological polar surface area (TPSA) is 26.3 Å². The molecule has 1 rings (SSSR count). The summed E-state index contributed by atoms with van der Waals surface area (Å²) in [7, 11) is 0. The lowest BCUT2D eigenvalue weighted by molar-refractivity contribution is -0.137. The fraction of sp³-hybridized carbons (Fsp3) is 0.727. The minimum absolute atomic E-state index is 0.178. The van der Waals surface area contributed by atoms with E-state index in [-0.39, 0.29) is 5.97 Å². The molecule has 1 fully saturated rings. The molecule has 0 heterocycles. The van der Waals surface area contributed by atoms with Crippen molar-refractivity contribution in [2.24, 2.45) is 11.3 Å². The number of rotatable bonds is 4. The van der Waals surface area contributed by atoms with Gasteiger partial charge in [0.05, 0.1) is 11.5 Å². The van der Waals surface area contributed by atoms with Crippen LogP contribution in [-0.4, -0.2) is 18.8 Å². The Balaban J connectivity index is 2.58. The number of hydrogen-bond acceptors (Lipinski definition) is 3. The van der Waals surface area contributed by atoms with Gasteiger partial charge in [0, 0.05) is 0 Å². The van der Waals surface area contributed by atoms with Crippen LogP contribution in [-0.2, 0) is 9.53 Å². The van der Waals surface area contributed by atoms with E-state index in [9.17, 15) is 4.79 Å². The van der Waals surface area contributed by atoms with Crippen LogP contribution in [0, 0.1) is 11.3 Å². The molecule has 0 aliphatic heterocycles. The third kappa shape index (κ3) is 2.77. The highest BCUT2D eigenvalue weighted by Crippen LogP contribution is 2.53. The van der Waals surface area contributed by atoms with Crippen molar-refractivity contribution in [1.29, 1.82) is 0 Å². The molecular weight excluding hydrogens is 196 g/mol. The fourth-order valence-electron chi connectivity index (χ4n) is 1.40. The summed E-state index contributed by atoms with van der Waals surface area (Å²) < 4.78 is 4.96. The second-order valence-corrected chi connectivity index (χ2v) is 5.10. The van der Waals surface area contributed by atoms with E-state index in [4.69, 9.17) is 4.74 Å². The number of allylic oxidation sites excluding steroid dienone is 1. The summed E-state index contributed by atoms with van der Waals surface area (Å²) in [6.45, 7) is 6.72. The minimum atomic E-state index is -0.178. The highest BCUT2D eigenvalue weighted by molar-refractivity contribution is 8.03. The lowest BCUT2D eigenvalue weighted by Crippen LogP contribution is -2.05. The predicted octanol–water partition coefficient (Wildman–Crippen LogP) is 2.84. The summed E-state index contributed by atoms with van der Waals surface area (Å²) in [5.41, 5.74) is 0.382. The van der Waals surface area contributed by atoms with Gasteiger partial charge >= 0.3 is 5.97 Å². The van der Waals surface area contributed by atoms with Gasteiger partial charge < -0.3 is 4.74 Å². The molecule has 1 aliphatic rings. The van der Waals surface area contributed by atoms with Crippen LogP contribution in [0.4, 0.5) is 0 Å². The zero-order valence-electron chi connectivity index (χ0n) is 9.29. The molecule has 0 amide bonds. The van der Waals surface area contributed by atoms with Gasteiger partial charge in [0.15, 0.2) is 0 Å². The average molecular weight is 214 g/mol. The first kappa shape index (κ1) is 11.6. The van der Waals surface area contributed by atoms with Gasteiger partial charge in [-0.2, -0.15) is 0 Å². The van der Waals surface area contributed by atoms with Crippen LogP contribution in [0.15, 0.2) is 11.0 Å². The summed E-state index contributed by atoms with van der Waals surface area (Å²) in [4.78, 5) is 12.2. The Bertz CT molecular complexity index is 256. The van der Waals surface area contributed by atoms with Gasteiger partial charge in [-0.05, 0) is 30.9 Å². The van der Waals surface area contributed by atoms with Crippen LogP contribution in [0.25, 0.3) is 0 Å². The summed E-state index contributed by atoms with van der Waals surface area (Å²) in [5.74, 6) is 0.372. The second-order valence-electron chi connectivity index (χ2n) is 4.25. The Kier molecular flexibility index (Phi) is 3.65. The number of ether oxygens (including phenoxy) is 1. The molecule has 0 aromatic carbocycles. The van der Waals surface area contributed by atoms with E-state index in [1.165, 1.54) is 18.2 Å². The van der Waals surface area contributed by atoms with Crippen molar-refractivity contribution in [3.8, 4) is 0 Å². The SMILES string of the molecule is CCOC(=O)/C(=C\C1CC1(C)C)SC. The number of thioether (sulfide) groups is 1. The first-order valence-electron chi connectivity index (χ1n) is 4.94. The molecule has 80 valence electrons. The lowest BCUT2D eigenvalue weighted by Gasteiger charge is -2.04. The quantitative estimate of drug-likeness (QED) is 0.531. The molecule has 14 heavy (non-hydrogen) atoms. The monoisotopic (exact) mass is 214 g/mol. The Morgan fingerprint density at radius 1 is 1.64 bits per heavy atom. The van der Waals surface area contributed by atoms with Gasteiger partial charge in [0.1, 0.15) is 0 Å². The van der Waals surface area contributed by atoms with Crippen LogP contribution in [0.2, 0.25) is 0 Å². The molecule has 3 heteroatoms. The molecule has 0 spiro atoms. The van der Waals surface area contributed by atoms with Gasteiger partial charge in [0.2, 0.25) is 0 Å². The Morgan fingerprint density at radius 3 is 2.57 bits per heavy atom. The smallest absolute Gasteiger partial charge is 0.344 e. The second kappa shape index (κ2) is 4.39. The lowest BCUT2D eigenvalue weighted by atomic mass is 10.1. The van der Waals surface area contributed by atoms with Crippen LogP contribution in [0.3, 0.4) is 0 Å². The fourth-order valence-corrected chi connectivity index (χ4v) is 1.92. The molecule has 1 atom stereocenters. The van der Waals surface area contributed by atoms with Crippen LogP contribution < -0.4 is 0 Å². The van der Waals surface area contributed by atoms with Crippen molar-refractivity contribution in [2.75, 3.05) is 12.9 Å². The molecule has 0 bridgehead atoms. The summed E-state index contributed by atoms with van der Waals surface area (Å²) in [6.07, 6.45) is 5.15. The van der Waals surface area contributed by atoms with E-state index < -0.39 is 0 Å². The van der Waals surface area contributed by atoms with Gasteiger partial charge in [0.25, 0.3) is 0 Å². The van der Waals surface area contributed by atoms with Gasteiger partial charge in [-0.1, -0.05) is 19.9 Å². The van der Waals surface area contributed by atoms with E-state index in [1.807, 2.05) is 13.2 Å². The molecule has 0 saturated heterocycles. The molecule has 1 aliphatic carbocycles. The maximum Gasteiger partial charge on any atom is 0.344 e. The Hall–Kier alpha value is -0.440. The average Bonchev–Trinajstić information content (AvgIpc) is 2.70. The van der Waals surface area contributed by atoms with Crippen molar-refractivity contribution < 1.29 is 9.53 Å². The highest BCUT2D eigenvalue weighted by Gasteiger charge is 2.44. The number of hydrogen-bond donors (Lipinski definition) is 0. The third-order valence-electron chi connectivity index (χ3n) is 2.64. The van der Waals surface area contributed by atoms with Crippen molar-refractivity contribution in [1.82, 2.24) is 0 Å². The summed E-state index contributed by atoms with van der Waals surface area (Å²) in [5, 5.41) is 0. The molecule has 0 aromatic heterocycles. The van der Waals surface area contributed by atoms with Crippen molar-refractivity contribution >= 4 is 17.7 Å². The molecule has 0 aromatic rings. The van der Waals surface area contributed by atoms with Gasteiger partial charge in [-0.25, -0.2) is 4.79 Å². The number of esters is 1. The van der Waals surface area contributed by atoms with E-state index in [1.54, 1.807) is 0 Å². The van der Waals surface area contributed by atoms with Crippen molar-refractivity contribution in [3.05, 3.63) is 11.0 Å². The van der Waals surface area contributed by atoms with Crippen LogP contribution in [0.1, 0.15) is 27.2 Å². The normalized spacial score (nSPS) is 24.6. The first-order chi connectivity index (χ1) is 6.51. The number of carbonyl (C=O) groups excluding carboxylic acids is 1. The Labute approximate surface area is 90.1 Å². The van der Waals surface area contributed by atoms with E-state index in [2.05, 4.69) is 19.9 Å². The van der Waals surface area contributed by atoms with E-state index in [0.717, 1.165) is 4.91 Å². The zero-order chi connectivity index (χ0) is 10.8. The maximum atomic E-state index is 11.4. The van der Waals surface area contributed by atoms with Crippen LogP contribution in [0.5, 0.6) is 0 Å². The maximum absolute atomic E-state index is 11.4. The summed E-state index contributed by atoms with van der Waals surface area (Å²) in [6, 6.07) is 0. The molecular formula is C11H18O2S. The predicted molar refractivity (Wildman–Crippen MR) is 60.1 cm³/mol. The molecule has 1 unspecified atom stereocenters. The van der Waals surface area contributed by atoms with E-state index in [0.29, 0.717) is 17.9 Å². The van der Waals surface area contributed by atoms with Gasteiger partial charge in [-0.3, -0.25) is 0 Å². The van der Waals surface area contributed by atoms with Gasteiger partial charge in [-0.15, -0.1) is 11.8 Å². The molecule has 0 N–H and O–H groups in total. The first-order valence-corrected chi connectivity index (χ1v) is 6.16. The number of carbonyl (C=O) groups is 1. The Morgan fingerprint density at radius 2 is 2.21 bits per heavy atom. The third-order valence-corrected chi connectivity index (χ3v) is 3.38. The van der Waals surface area contributed by atoms with Crippen LogP contribution >= 0.6 is 11.8 Å².